The van der Waals surface area contributed by atoms with E-state index in [4.69, 9.17) is 0 Å². The Morgan fingerprint density at radius 3 is 3.31 bits per heavy atom. The van der Waals surface area contributed by atoms with E-state index in [1.165, 1.54) is 10.9 Å². The lowest BCUT2D eigenvalue weighted by atomic mass is 10.2. The van der Waals surface area contributed by atoms with Crippen molar-refractivity contribution in [3.63, 3.8) is 0 Å². The van der Waals surface area contributed by atoms with E-state index in [9.17, 15) is 0 Å². The van der Waals surface area contributed by atoms with Gasteiger partial charge in [0.1, 0.15) is 5.65 Å². The number of halogens is 1. The standard InChI is InChI=1S/C10H9BrN2/c11-5-1-3-8-7-13-10-9(8)4-2-6-12-10/h1-4,6-7H,5H2,(H,12,13)/b3-1+. The lowest BCUT2D eigenvalue weighted by molar-refractivity contribution is 1.33. The molecule has 2 heterocycles. The largest absolute Gasteiger partial charge is 0.346 e. The van der Waals surface area contributed by atoms with Gasteiger partial charge in [-0.05, 0) is 12.1 Å². The molecular formula is C10H9BrN2. The SMILES string of the molecule is BrC/C=C/c1c[nH]c2ncccc12. The second-order valence-electron chi connectivity index (χ2n) is 2.70. The highest BCUT2D eigenvalue weighted by atomic mass is 79.9. The number of pyridine rings is 1. The summed E-state index contributed by atoms with van der Waals surface area (Å²) < 4.78 is 0. The molecule has 1 N–H and O–H groups in total. The van der Waals surface area contributed by atoms with Gasteiger partial charge in [0.15, 0.2) is 0 Å². The number of aromatic amines is 1. The number of hydrogen-bond donors (Lipinski definition) is 1. The van der Waals surface area contributed by atoms with E-state index in [0.717, 1.165) is 11.0 Å². The Balaban J connectivity index is 2.52. The molecule has 0 fully saturated rings. The van der Waals surface area contributed by atoms with Gasteiger partial charge in [0.05, 0.1) is 0 Å². The van der Waals surface area contributed by atoms with Gasteiger partial charge < -0.3 is 4.98 Å². The minimum Gasteiger partial charge on any atom is -0.346 e. The van der Waals surface area contributed by atoms with Gasteiger partial charge in [-0.3, -0.25) is 0 Å². The van der Waals surface area contributed by atoms with E-state index >= 15 is 0 Å². The fourth-order valence-corrected chi connectivity index (χ4v) is 1.47. The molecule has 0 aliphatic rings. The van der Waals surface area contributed by atoms with Crippen molar-refractivity contribution in [2.24, 2.45) is 0 Å². The molecule has 2 aromatic rings. The summed E-state index contributed by atoms with van der Waals surface area (Å²) in [6.07, 6.45) is 7.90. The number of alkyl halides is 1. The first-order chi connectivity index (χ1) is 6.42. The maximum absolute atomic E-state index is 4.21. The average molecular weight is 237 g/mol. The summed E-state index contributed by atoms with van der Waals surface area (Å²) in [7, 11) is 0. The van der Waals surface area contributed by atoms with Crippen LogP contribution in [0.25, 0.3) is 17.1 Å². The van der Waals surface area contributed by atoms with E-state index in [1.54, 1.807) is 6.20 Å². The van der Waals surface area contributed by atoms with Gasteiger partial charge in [-0.1, -0.05) is 28.1 Å². The van der Waals surface area contributed by atoms with Gasteiger partial charge in [0.2, 0.25) is 0 Å². The number of H-pyrrole nitrogens is 1. The van der Waals surface area contributed by atoms with Crippen LogP contribution in [0.5, 0.6) is 0 Å². The number of rotatable bonds is 2. The zero-order valence-corrected chi connectivity index (χ0v) is 8.58. The number of aromatic nitrogens is 2. The smallest absolute Gasteiger partial charge is 0.137 e. The number of hydrogen-bond acceptors (Lipinski definition) is 1. The molecule has 66 valence electrons. The number of nitrogens with zero attached hydrogens (tertiary/aromatic N) is 1. The van der Waals surface area contributed by atoms with Crippen LogP contribution < -0.4 is 0 Å². The minimum absolute atomic E-state index is 0.875. The zero-order chi connectivity index (χ0) is 9.10. The number of allylic oxidation sites excluding steroid dienone is 1. The molecule has 0 spiro atoms. The molecule has 0 aliphatic carbocycles. The normalized spacial score (nSPS) is 11.5. The van der Waals surface area contributed by atoms with Crippen molar-refractivity contribution in [2.45, 2.75) is 0 Å². The molecule has 3 heteroatoms. The van der Waals surface area contributed by atoms with E-state index in [-0.39, 0.29) is 0 Å². The van der Waals surface area contributed by atoms with Crippen molar-refractivity contribution < 1.29 is 0 Å². The van der Waals surface area contributed by atoms with Crippen molar-refractivity contribution in [3.05, 3.63) is 36.2 Å². The predicted octanol–water partition coefficient (Wildman–Crippen LogP) is 2.97. The van der Waals surface area contributed by atoms with Crippen molar-refractivity contribution in [1.82, 2.24) is 9.97 Å². The Morgan fingerprint density at radius 1 is 1.54 bits per heavy atom. The van der Waals surface area contributed by atoms with Crippen molar-refractivity contribution >= 4 is 33.0 Å². The molecule has 13 heavy (non-hydrogen) atoms. The Bertz CT molecular complexity index is 431. The molecule has 2 rings (SSSR count). The topological polar surface area (TPSA) is 28.7 Å². The maximum atomic E-state index is 4.21. The second-order valence-corrected chi connectivity index (χ2v) is 3.35. The first-order valence-electron chi connectivity index (χ1n) is 4.06. The fraction of sp³-hybridized carbons (Fsp3) is 0.100. The third kappa shape index (κ3) is 1.65. The lowest BCUT2D eigenvalue weighted by Crippen LogP contribution is -1.72. The molecule has 0 radical (unpaired) electrons. The van der Waals surface area contributed by atoms with E-state index in [0.29, 0.717) is 0 Å². The predicted molar refractivity (Wildman–Crippen MR) is 58.9 cm³/mol. The van der Waals surface area contributed by atoms with Crippen LogP contribution in [-0.2, 0) is 0 Å². The summed E-state index contributed by atoms with van der Waals surface area (Å²) in [4.78, 5) is 7.33. The molecule has 0 bridgehead atoms. The summed E-state index contributed by atoms with van der Waals surface area (Å²) in [5.74, 6) is 0. The zero-order valence-electron chi connectivity index (χ0n) is 7.00. The van der Waals surface area contributed by atoms with Crippen LogP contribution in [0.15, 0.2) is 30.6 Å². The van der Waals surface area contributed by atoms with E-state index in [2.05, 4.69) is 44.1 Å². The van der Waals surface area contributed by atoms with Gasteiger partial charge in [-0.25, -0.2) is 4.98 Å². The molecule has 0 saturated carbocycles. The highest BCUT2D eigenvalue weighted by molar-refractivity contribution is 9.09. The second kappa shape index (κ2) is 3.75. The van der Waals surface area contributed by atoms with E-state index in [1.807, 2.05) is 12.3 Å². The summed E-state index contributed by atoms with van der Waals surface area (Å²) in [5.41, 5.74) is 2.12. The highest BCUT2D eigenvalue weighted by Gasteiger charge is 1.98. The number of nitrogens with one attached hydrogen (secondary N) is 1. The maximum Gasteiger partial charge on any atom is 0.137 e. The number of fused-ring (bicyclic) bond motifs is 1. The van der Waals surface area contributed by atoms with Crippen LogP contribution in [0.1, 0.15) is 5.56 Å². The molecule has 2 nitrogen and oxygen atoms in total. The Kier molecular flexibility index (Phi) is 2.45. The molecule has 0 aliphatic heterocycles. The molecule has 2 aromatic heterocycles. The molecule has 0 aromatic carbocycles. The van der Waals surface area contributed by atoms with Crippen LogP contribution in [0.3, 0.4) is 0 Å². The van der Waals surface area contributed by atoms with Crippen molar-refractivity contribution in [1.29, 1.82) is 0 Å². The molecule has 0 unspecified atom stereocenters. The third-order valence-corrected chi connectivity index (χ3v) is 2.24. The molecular weight excluding hydrogens is 228 g/mol. The Morgan fingerprint density at radius 2 is 2.46 bits per heavy atom. The van der Waals surface area contributed by atoms with Crippen LogP contribution >= 0.6 is 15.9 Å². The minimum atomic E-state index is 0.875. The Hall–Kier alpha value is -1.09. The van der Waals surface area contributed by atoms with Gasteiger partial charge in [-0.15, -0.1) is 0 Å². The molecule has 0 amide bonds. The van der Waals surface area contributed by atoms with Gasteiger partial charge >= 0.3 is 0 Å². The first kappa shape index (κ1) is 8.51. The Labute approximate surface area is 84.8 Å². The highest BCUT2D eigenvalue weighted by Crippen LogP contribution is 2.16. The van der Waals surface area contributed by atoms with Crippen LogP contribution in [0, 0.1) is 0 Å². The van der Waals surface area contributed by atoms with Gasteiger partial charge in [-0.2, -0.15) is 0 Å². The quantitative estimate of drug-likeness (QED) is 0.799. The molecule has 0 atom stereocenters. The average Bonchev–Trinajstić information content (AvgIpc) is 2.58. The van der Waals surface area contributed by atoms with Crippen LogP contribution in [0.2, 0.25) is 0 Å². The summed E-state index contributed by atoms with van der Waals surface area (Å²) in [6.45, 7) is 0. The van der Waals surface area contributed by atoms with Crippen molar-refractivity contribution in [2.75, 3.05) is 5.33 Å². The summed E-state index contributed by atoms with van der Waals surface area (Å²) >= 11 is 3.35. The van der Waals surface area contributed by atoms with Gasteiger partial charge in [0.25, 0.3) is 0 Å². The lowest BCUT2D eigenvalue weighted by Gasteiger charge is -1.88. The van der Waals surface area contributed by atoms with Crippen molar-refractivity contribution in [3.8, 4) is 0 Å². The summed E-state index contributed by atoms with van der Waals surface area (Å²) in [5, 5.41) is 2.04. The van der Waals surface area contributed by atoms with Crippen LogP contribution in [0.4, 0.5) is 0 Å². The third-order valence-electron chi connectivity index (χ3n) is 1.87. The first-order valence-corrected chi connectivity index (χ1v) is 5.18. The monoisotopic (exact) mass is 236 g/mol. The summed E-state index contributed by atoms with van der Waals surface area (Å²) in [6, 6.07) is 4.01. The van der Waals surface area contributed by atoms with Gasteiger partial charge in [0, 0.05) is 28.7 Å². The van der Waals surface area contributed by atoms with E-state index < -0.39 is 0 Å². The molecule has 0 saturated heterocycles. The fourth-order valence-electron chi connectivity index (χ4n) is 1.29. The van der Waals surface area contributed by atoms with Crippen LogP contribution in [-0.4, -0.2) is 15.3 Å².